The first-order valence-electron chi connectivity index (χ1n) is 11.4. The van der Waals surface area contributed by atoms with Gasteiger partial charge in [0, 0.05) is 44.5 Å². The molecule has 1 saturated carbocycles. The van der Waals surface area contributed by atoms with Crippen molar-refractivity contribution in [3.8, 4) is 0 Å². The quantitative estimate of drug-likeness (QED) is 0.686. The Morgan fingerprint density at radius 3 is 2.23 bits per heavy atom. The van der Waals surface area contributed by atoms with Gasteiger partial charge in [-0.15, -0.1) is 0 Å². The normalized spacial score (nSPS) is 20.8. The van der Waals surface area contributed by atoms with Gasteiger partial charge in [-0.3, -0.25) is 4.79 Å². The first-order valence-corrected chi connectivity index (χ1v) is 11.4. The van der Waals surface area contributed by atoms with Gasteiger partial charge in [-0.05, 0) is 62.8 Å². The summed E-state index contributed by atoms with van der Waals surface area (Å²) in [5.74, 6) is 0.732. The zero-order valence-corrected chi connectivity index (χ0v) is 19.1. The summed E-state index contributed by atoms with van der Waals surface area (Å²) in [5.41, 5.74) is 3.94. The number of rotatable bonds is 6. The fraction of sp³-hybridized carbons (Fsp3) is 0.500. The van der Waals surface area contributed by atoms with Gasteiger partial charge >= 0.3 is 0 Å². The lowest BCUT2D eigenvalue weighted by Crippen LogP contribution is -2.43. The Balaban J connectivity index is 0.000000339. The monoisotopic (exact) mass is 423 g/mol. The molecule has 1 heterocycles. The second kappa shape index (κ2) is 11.3. The minimum absolute atomic E-state index is 0.318. The highest BCUT2D eigenvalue weighted by molar-refractivity contribution is 5.48. The van der Waals surface area contributed by atoms with Crippen molar-refractivity contribution in [2.24, 2.45) is 0 Å². The van der Waals surface area contributed by atoms with Crippen molar-refractivity contribution in [3.63, 3.8) is 0 Å². The fourth-order valence-corrected chi connectivity index (χ4v) is 3.94. The lowest BCUT2D eigenvalue weighted by atomic mass is 9.76. The van der Waals surface area contributed by atoms with Gasteiger partial charge in [0.05, 0.1) is 0 Å². The topological polar surface area (TPSA) is 53.6 Å². The lowest BCUT2D eigenvalue weighted by Gasteiger charge is -2.37. The van der Waals surface area contributed by atoms with Gasteiger partial charge in [-0.25, -0.2) is 0 Å². The molecule has 0 spiro atoms. The van der Waals surface area contributed by atoms with Crippen LogP contribution in [0.4, 0.5) is 5.69 Å². The molecule has 2 aromatic rings. The molecule has 1 aliphatic heterocycles. The molecular formula is C26H37N3O2. The average Bonchev–Trinajstić information content (AvgIpc) is 2.74. The summed E-state index contributed by atoms with van der Waals surface area (Å²) in [7, 11) is 0. The minimum atomic E-state index is -0.318. The summed E-state index contributed by atoms with van der Waals surface area (Å²) < 4.78 is 4.55. The Labute approximate surface area is 187 Å². The van der Waals surface area contributed by atoms with E-state index in [1.165, 1.54) is 29.7 Å². The predicted molar refractivity (Wildman–Crippen MR) is 127 cm³/mol. The van der Waals surface area contributed by atoms with Crippen molar-refractivity contribution >= 4 is 12.2 Å². The van der Waals surface area contributed by atoms with Crippen LogP contribution in [0.3, 0.4) is 0 Å². The highest BCUT2D eigenvalue weighted by Crippen LogP contribution is 2.37. The Bertz CT molecular complexity index is 775. The van der Waals surface area contributed by atoms with Crippen molar-refractivity contribution in [1.29, 1.82) is 0 Å². The molecule has 2 fully saturated rings. The van der Waals surface area contributed by atoms with E-state index in [0.717, 1.165) is 38.6 Å². The molecule has 0 aromatic heterocycles. The fourth-order valence-electron chi connectivity index (χ4n) is 3.94. The molecule has 1 aliphatic carbocycles. The Morgan fingerprint density at radius 1 is 1.03 bits per heavy atom. The van der Waals surface area contributed by atoms with Gasteiger partial charge in [-0.2, -0.15) is 0 Å². The van der Waals surface area contributed by atoms with E-state index in [1.54, 1.807) is 0 Å². The Morgan fingerprint density at radius 2 is 1.68 bits per heavy atom. The van der Waals surface area contributed by atoms with Crippen LogP contribution in [-0.2, 0) is 16.1 Å². The van der Waals surface area contributed by atoms with Crippen molar-refractivity contribution in [1.82, 2.24) is 10.6 Å². The van der Waals surface area contributed by atoms with Crippen LogP contribution in [-0.4, -0.2) is 44.3 Å². The Hall–Kier alpha value is -2.37. The number of hydrogen-bond acceptors (Lipinski definition) is 5. The Kier molecular flexibility index (Phi) is 8.50. The number of anilines is 1. The van der Waals surface area contributed by atoms with E-state index in [-0.39, 0.29) is 5.60 Å². The van der Waals surface area contributed by atoms with Crippen LogP contribution >= 0.6 is 0 Å². The summed E-state index contributed by atoms with van der Waals surface area (Å²) in [6.45, 7) is 11.3. The van der Waals surface area contributed by atoms with Gasteiger partial charge in [0.25, 0.3) is 6.47 Å². The van der Waals surface area contributed by atoms with Crippen LogP contribution in [0.5, 0.6) is 0 Å². The van der Waals surface area contributed by atoms with Crippen LogP contribution in [0.2, 0.25) is 0 Å². The first-order chi connectivity index (χ1) is 14.9. The lowest BCUT2D eigenvalue weighted by molar-refractivity contribution is -0.138. The SMILES string of the molecule is CC(C)(C)OC=O.c1ccc(CNC2CC(c3ccc(N4CCNCC4)cc3)C2)cc1. The van der Waals surface area contributed by atoms with Crippen molar-refractivity contribution in [2.45, 2.75) is 57.7 Å². The number of carbonyl (C=O) groups is 1. The number of piperazine rings is 1. The molecule has 4 rings (SSSR count). The highest BCUT2D eigenvalue weighted by Gasteiger charge is 2.29. The molecule has 2 N–H and O–H groups in total. The van der Waals surface area contributed by atoms with E-state index in [9.17, 15) is 4.79 Å². The molecule has 0 bridgehead atoms. The van der Waals surface area contributed by atoms with Crippen molar-refractivity contribution in [3.05, 3.63) is 65.7 Å². The van der Waals surface area contributed by atoms with Crippen LogP contribution in [0.1, 0.15) is 50.7 Å². The van der Waals surface area contributed by atoms with Crippen molar-refractivity contribution < 1.29 is 9.53 Å². The summed E-state index contributed by atoms with van der Waals surface area (Å²) in [4.78, 5) is 12.1. The number of carbonyl (C=O) groups excluding carboxylic acids is 1. The third-order valence-corrected chi connectivity index (χ3v) is 5.82. The molecule has 0 radical (unpaired) electrons. The highest BCUT2D eigenvalue weighted by atomic mass is 16.5. The molecule has 0 atom stereocenters. The molecule has 5 nitrogen and oxygen atoms in total. The van der Waals surface area contributed by atoms with E-state index in [4.69, 9.17) is 0 Å². The second-order valence-corrected chi connectivity index (χ2v) is 9.39. The first kappa shape index (κ1) is 23.3. The van der Waals surface area contributed by atoms with E-state index >= 15 is 0 Å². The number of benzene rings is 2. The van der Waals surface area contributed by atoms with E-state index in [2.05, 4.69) is 74.9 Å². The molecule has 2 aliphatic rings. The smallest absolute Gasteiger partial charge is 0.293 e. The third kappa shape index (κ3) is 7.67. The maximum Gasteiger partial charge on any atom is 0.293 e. The number of nitrogens with zero attached hydrogens (tertiary/aromatic N) is 1. The largest absolute Gasteiger partial charge is 0.462 e. The molecule has 31 heavy (non-hydrogen) atoms. The van der Waals surface area contributed by atoms with E-state index in [1.807, 2.05) is 20.8 Å². The van der Waals surface area contributed by atoms with Gasteiger partial charge in [0.2, 0.25) is 0 Å². The molecule has 0 amide bonds. The minimum Gasteiger partial charge on any atom is -0.462 e. The number of nitrogens with one attached hydrogen (secondary N) is 2. The molecular weight excluding hydrogens is 386 g/mol. The average molecular weight is 424 g/mol. The summed E-state index contributed by atoms with van der Waals surface area (Å²) >= 11 is 0. The number of ether oxygens (including phenoxy) is 1. The maximum absolute atomic E-state index is 9.60. The van der Waals surface area contributed by atoms with Gasteiger partial charge in [0.1, 0.15) is 5.60 Å². The summed E-state index contributed by atoms with van der Waals surface area (Å²) in [6, 6.07) is 20.7. The number of hydrogen-bond donors (Lipinski definition) is 2. The zero-order valence-electron chi connectivity index (χ0n) is 19.1. The predicted octanol–water partition coefficient (Wildman–Crippen LogP) is 4.09. The van der Waals surface area contributed by atoms with E-state index in [0.29, 0.717) is 12.5 Å². The van der Waals surface area contributed by atoms with Gasteiger partial charge in [-0.1, -0.05) is 42.5 Å². The second-order valence-electron chi connectivity index (χ2n) is 9.39. The summed E-state index contributed by atoms with van der Waals surface area (Å²) in [6.07, 6.45) is 2.53. The molecule has 168 valence electrons. The van der Waals surface area contributed by atoms with Crippen LogP contribution in [0.25, 0.3) is 0 Å². The molecule has 1 saturated heterocycles. The standard InChI is InChI=1S/C21H27N3.C5H10O2/c1-2-4-17(5-3-1)16-23-20-14-19(15-20)18-6-8-21(9-7-18)24-12-10-22-11-13-24;1-5(2,3)7-4-6/h1-9,19-20,22-23H,10-16H2;4H,1-3H3. The zero-order chi connectivity index (χ0) is 22.1. The van der Waals surface area contributed by atoms with Crippen LogP contribution in [0, 0.1) is 0 Å². The van der Waals surface area contributed by atoms with Gasteiger partial charge in [0.15, 0.2) is 0 Å². The molecule has 0 unspecified atom stereocenters. The molecule has 5 heteroatoms. The summed E-state index contributed by atoms with van der Waals surface area (Å²) in [5, 5.41) is 7.10. The van der Waals surface area contributed by atoms with Crippen molar-refractivity contribution in [2.75, 3.05) is 31.1 Å². The van der Waals surface area contributed by atoms with Crippen LogP contribution in [0.15, 0.2) is 54.6 Å². The third-order valence-electron chi connectivity index (χ3n) is 5.82. The maximum atomic E-state index is 9.60. The van der Waals surface area contributed by atoms with Crippen LogP contribution < -0.4 is 15.5 Å². The van der Waals surface area contributed by atoms with Gasteiger partial charge < -0.3 is 20.3 Å². The molecule has 2 aromatic carbocycles. The van der Waals surface area contributed by atoms with E-state index < -0.39 is 0 Å².